The van der Waals surface area contributed by atoms with Gasteiger partial charge in [0.25, 0.3) is 0 Å². The Labute approximate surface area is 296 Å². The molecule has 0 aliphatic heterocycles. The molecular weight excluding hydrogens is 615 g/mol. The molecule has 0 saturated carbocycles. The molecule has 0 saturated heterocycles. The van der Waals surface area contributed by atoms with Crippen LogP contribution >= 0.6 is 8.25 Å². The van der Waals surface area contributed by atoms with Crippen LogP contribution in [0.5, 0.6) is 11.5 Å². The fourth-order valence-corrected chi connectivity index (χ4v) is 7.32. The molecule has 0 radical (unpaired) electrons. The van der Waals surface area contributed by atoms with E-state index in [4.69, 9.17) is 18.5 Å². The number of ether oxygens (including phenoxy) is 2. The van der Waals surface area contributed by atoms with E-state index < -0.39 is 8.25 Å². The highest BCUT2D eigenvalue weighted by Gasteiger charge is 2.24. The van der Waals surface area contributed by atoms with E-state index >= 15 is 0 Å². The average Bonchev–Trinajstić information content (AvgIpc) is 3.11. The fourth-order valence-electron chi connectivity index (χ4n) is 6.75. The van der Waals surface area contributed by atoms with Gasteiger partial charge in [-0.05, 0) is 84.0 Å². The summed E-state index contributed by atoms with van der Waals surface area (Å²) in [6.45, 7) is 15.2. The van der Waals surface area contributed by atoms with Crippen LogP contribution in [0.4, 0.5) is 0 Å². The van der Waals surface area contributed by atoms with Gasteiger partial charge in [-0.25, -0.2) is 0 Å². The molecule has 0 unspecified atom stereocenters. The summed E-state index contributed by atoms with van der Waals surface area (Å²) in [5.74, 6) is 1.96. The third kappa shape index (κ3) is 15.7. The fraction of sp³-hybridized carbons (Fsp3) is 0.714. The van der Waals surface area contributed by atoms with Crippen LogP contribution in [0.25, 0.3) is 0 Å². The predicted molar refractivity (Wildman–Crippen MR) is 204 cm³/mol. The molecule has 0 aromatic heterocycles. The third-order valence-electron chi connectivity index (χ3n) is 9.55. The molecule has 6 heteroatoms. The zero-order valence-corrected chi connectivity index (χ0v) is 32.7. The van der Waals surface area contributed by atoms with E-state index in [1.54, 1.807) is 0 Å². The summed E-state index contributed by atoms with van der Waals surface area (Å²) in [5.41, 5.74) is 7.05. The van der Waals surface area contributed by atoms with Crippen LogP contribution in [0.3, 0.4) is 0 Å². The number of rotatable bonds is 30. The molecule has 2 aromatic carbocycles. The Morgan fingerprint density at radius 3 is 1.10 bits per heavy atom. The highest BCUT2D eigenvalue weighted by Crippen LogP contribution is 2.34. The maximum atomic E-state index is 12.9. The summed E-state index contributed by atoms with van der Waals surface area (Å²) in [6, 6.07) is 8.26. The van der Waals surface area contributed by atoms with E-state index in [0.717, 1.165) is 74.4 Å². The highest BCUT2D eigenvalue weighted by atomic mass is 31.1. The second kappa shape index (κ2) is 26.9. The third-order valence-corrected chi connectivity index (χ3v) is 10.2. The van der Waals surface area contributed by atoms with E-state index in [2.05, 4.69) is 65.8 Å². The van der Waals surface area contributed by atoms with Crippen LogP contribution in [0, 0.1) is 0 Å². The lowest BCUT2D eigenvalue weighted by Gasteiger charge is -2.17. The minimum absolute atomic E-state index is 0.260. The second-order valence-electron chi connectivity index (χ2n) is 13.2. The Bertz CT molecular complexity index is 1060. The number of hydrogen-bond acceptors (Lipinski definition) is 5. The molecule has 0 fully saturated rings. The smallest absolute Gasteiger partial charge is 0.493 e. The first-order valence-corrected chi connectivity index (χ1v) is 20.9. The molecule has 2 rings (SSSR count). The van der Waals surface area contributed by atoms with Crippen molar-refractivity contribution in [1.29, 1.82) is 0 Å². The van der Waals surface area contributed by atoms with Gasteiger partial charge in [-0.15, -0.1) is 9.05 Å². The van der Waals surface area contributed by atoms with E-state index in [9.17, 15) is 4.57 Å². The summed E-state index contributed by atoms with van der Waals surface area (Å²) in [5, 5.41) is 0. The van der Waals surface area contributed by atoms with Gasteiger partial charge in [0.2, 0.25) is 0 Å². The molecule has 0 bridgehead atoms. The van der Waals surface area contributed by atoms with Gasteiger partial charge < -0.3 is 9.47 Å². The van der Waals surface area contributed by atoms with Crippen molar-refractivity contribution in [3.8, 4) is 11.5 Å². The normalized spacial score (nSPS) is 11.3. The van der Waals surface area contributed by atoms with Gasteiger partial charge in [-0.2, -0.15) is 0 Å². The Kier molecular flexibility index (Phi) is 23.6. The Balaban J connectivity index is 1.85. The maximum absolute atomic E-state index is 12.9. The van der Waals surface area contributed by atoms with Crippen molar-refractivity contribution >= 4 is 8.25 Å². The summed E-state index contributed by atoms with van der Waals surface area (Å²) in [6.07, 6.45) is 24.2. The van der Waals surface area contributed by atoms with Crippen LogP contribution in [0.1, 0.15) is 178 Å². The van der Waals surface area contributed by atoms with E-state index in [1.807, 2.05) is 0 Å². The quantitative estimate of drug-likeness (QED) is 0.0605. The molecule has 0 heterocycles. The van der Waals surface area contributed by atoms with Crippen molar-refractivity contribution in [2.75, 3.05) is 13.2 Å². The van der Waals surface area contributed by atoms with Crippen molar-refractivity contribution in [1.82, 2.24) is 0 Å². The van der Waals surface area contributed by atoms with E-state index in [-0.39, 0.29) is 13.2 Å². The topological polar surface area (TPSA) is 54.0 Å². The van der Waals surface area contributed by atoms with Gasteiger partial charge in [0, 0.05) is 4.57 Å². The standard InChI is InChI=1S/C42H70O5P/c1-7-13-15-17-19-21-23-25-31-44-41-29-27-35(37(9-3)39(41)11-5)33-46-48(43)47-34-36-28-30-42(40(12-6)38(36)10-4)45-32-26-24-22-20-18-16-14-8-2/h27-30H,7-26,31-34H2,1-6H3/q+1. The largest absolute Gasteiger partial charge is 0.698 e. The Morgan fingerprint density at radius 2 is 0.771 bits per heavy atom. The SMILES string of the molecule is CCCCCCCCCCOc1ccc(CO[P+](=O)OCc2ccc(OCCCCCCCCCC)c(CC)c2CC)c(CC)c1CC. The molecule has 0 aliphatic carbocycles. The average molecular weight is 686 g/mol. The predicted octanol–water partition coefficient (Wildman–Crippen LogP) is 13.4. The monoisotopic (exact) mass is 685 g/mol. The Morgan fingerprint density at radius 1 is 0.438 bits per heavy atom. The van der Waals surface area contributed by atoms with Gasteiger partial charge in [0.15, 0.2) is 0 Å². The van der Waals surface area contributed by atoms with Crippen molar-refractivity contribution in [3.05, 3.63) is 57.6 Å². The lowest BCUT2D eigenvalue weighted by Crippen LogP contribution is -2.06. The van der Waals surface area contributed by atoms with Gasteiger partial charge in [0.05, 0.1) is 13.2 Å². The first-order chi connectivity index (χ1) is 23.5. The first kappa shape index (κ1) is 42.2. The van der Waals surface area contributed by atoms with Gasteiger partial charge in [0.1, 0.15) is 24.7 Å². The summed E-state index contributed by atoms with van der Waals surface area (Å²) >= 11 is 0. The number of benzene rings is 2. The summed E-state index contributed by atoms with van der Waals surface area (Å²) in [7, 11) is -2.26. The van der Waals surface area contributed by atoms with Crippen molar-refractivity contribution < 1.29 is 23.1 Å². The van der Waals surface area contributed by atoms with Crippen LogP contribution in [-0.2, 0) is 52.5 Å². The van der Waals surface area contributed by atoms with Gasteiger partial charge in [-0.1, -0.05) is 144 Å². The van der Waals surface area contributed by atoms with Crippen molar-refractivity contribution in [2.45, 2.75) is 183 Å². The molecular formula is C42H70O5P+. The second-order valence-corrected chi connectivity index (χ2v) is 14.2. The minimum Gasteiger partial charge on any atom is -0.493 e. The van der Waals surface area contributed by atoms with Crippen molar-refractivity contribution in [2.24, 2.45) is 0 Å². The van der Waals surface area contributed by atoms with E-state index in [0.29, 0.717) is 0 Å². The minimum atomic E-state index is -2.26. The molecule has 0 aliphatic rings. The number of hydrogen-bond donors (Lipinski definition) is 0. The van der Waals surface area contributed by atoms with Crippen LogP contribution in [-0.4, -0.2) is 13.2 Å². The zero-order valence-electron chi connectivity index (χ0n) is 31.8. The molecule has 0 N–H and O–H groups in total. The highest BCUT2D eigenvalue weighted by molar-refractivity contribution is 7.33. The van der Waals surface area contributed by atoms with Crippen LogP contribution in [0.2, 0.25) is 0 Å². The van der Waals surface area contributed by atoms with Crippen molar-refractivity contribution in [3.63, 3.8) is 0 Å². The van der Waals surface area contributed by atoms with Gasteiger partial charge >= 0.3 is 8.25 Å². The lowest BCUT2D eigenvalue weighted by molar-refractivity contribution is 0.211. The molecule has 0 amide bonds. The maximum Gasteiger partial charge on any atom is 0.698 e. The number of unbranched alkanes of at least 4 members (excludes halogenated alkanes) is 14. The van der Waals surface area contributed by atoms with E-state index in [1.165, 1.54) is 112 Å². The van der Waals surface area contributed by atoms with Crippen LogP contribution < -0.4 is 9.47 Å². The molecule has 0 spiro atoms. The summed E-state index contributed by atoms with van der Waals surface area (Å²) < 4.78 is 37.0. The molecule has 48 heavy (non-hydrogen) atoms. The van der Waals surface area contributed by atoms with Crippen LogP contribution in [0.15, 0.2) is 24.3 Å². The first-order valence-electron chi connectivity index (χ1n) is 19.8. The Hall–Kier alpha value is -1.94. The zero-order chi connectivity index (χ0) is 34.8. The van der Waals surface area contributed by atoms with Gasteiger partial charge in [-0.3, -0.25) is 0 Å². The molecule has 0 atom stereocenters. The molecule has 5 nitrogen and oxygen atoms in total. The lowest BCUT2D eigenvalue weighted by atomic mass is 9.96. The summed E-state index contributed by atoms with van der Waals surface area (Å²) in [4.78, 5) is 0. The molecule has 272 valence electrons. The molecule has 2 aromatic rings.